The molecule has 0 radical (unpaired) electrons. The van der Waals surface area contributed by atoms with Crippen LogP contribution >= 0.6 is 0 Å². The number of aromatic nitrogens is 2. The predicted molar refractivity (Wildman–Crippen MR) is 69.7 cm³/mol. The number of aryl methyl sites for hydroxylation is 2. The fourth-order valence-corrected chi connectivity index (χ4v) is 3.36. The van der Waals surface area contributed by atoms with E-state index in [1.165, 1.54) is 0 Å². The van der Waals surface area contributed by atoms with Gasteiger partial charge in [0.1, 0.15) is 0 Å². The fourth-order valence-electron chi connectivity index (χ4n) is 1.83. The lowest BCUT2D eigenvalue weighted by Crippen LogP contribution is -2.08. The molecule has 2 rings (SSSR count). The Hall–Kier alpha value is -1.82. The van der Waals surface area contributed by atoms with Crippen molar-refractivity contribution < 1.29 is 8.42 Å². The minimum atomic E-state index is -3.38. The number of nitrogens with two attached hydrogens (primary N) is 1. The maximum Gasteiger partial charge on any atom is 0.184 e. The number of sulfone groups is 1. The van der Waals surface area contributed by atoms with Gasteiger partial charge in [0.25, 0.3) is 0 Å². The summed E-state index contributed by atoms with van der Waals surface area (Å²) in [4.78, 5) is 0.308. The molecule has 0 bridgehead atoms. The van der Waals surface area contributed by atoms with Crippen molar-refractivity contribution >= 4 is 15.5 Å². The summed E-state index contributed by atoms with van der Waals surface area (Å²) in [6.45, 7) is 1.74. The van der Waals surface area contributed by atoms with E-state index in [-0.39, 0.29) is 5.75 Å². The highest BCUT2D eigenvalue weighted by Crippen LogP contribution is 2.21. The molecule has 0 fully saturated rings. The summed E-state index contributed by atoms with van der Waals surface area (Å²) in [6.07, 6.45) is 1.72. The summed E-state index contributed by atoms with van der Waals surface area (Å²) in [5, 5.41) is 4.08. The molecule has 0 saturated carbocycles. The second kappa shape index (κ2) is 4.45. The first kappa shape index (κ1) is 12.6. The molecule has 1 aromatic carbocycles. The van der Waals surface area contributed by atoms with Crippen LogP contribution < -0.4 is 5.73 Å². The van der Waals surface area contributed by atoms with Crippen LogP contribution in [0.15, 0.2) is 35.4 Å². The van der Waals surface area contributed by atoms with E-state index in [4.69, 9.17) is 5.73 Å². The van der Waals surface area contributed by atoms with Crippen LogP contribution in [0.25, 0.3) is 0 Å². The molecular weight excluding hydrogens is 250 g/mol. The summed E-state index contributed by atoms with van der Waals surface area (Å²) in [6, 6.07) is 6.50. The van der Waals surface area contributed by atoms with E-state index in [1.807, 2.05) is 0 Å². The summed E-state index contributed by atoms with van der Waals surface area (Å²) in [5.41, 5.74) is 7.37. The Morgan fingerprint density at radius 3 is 2.61 bits per heavy atom. The van der Waals surface area contributed by atoms with Gasteiger partial charge in [0, 0.05) is 18.9 Å². The zero-order valence-corrected chi connectivity index (χ0v) is 11.1. The van der Waals surface area contributed by atoms with Gasteiger partial charge in [-0.2, -0.15) is 5.10 Å². The molecule has 0 aliphatic rings. The molecule has 5 nitrogen and oxygen atoms in total. The highest BCUT2D eigenvalue weighted by atomic mass is 32.2. The lowest BCUT2D eigenvalue weighted by Gasteiger charge is -2.07. The molecule has 2 aromatic rings. The zero-order valence-electron chi connectivity index (χ0n) is 10.3. The molecule has 0 aliphatic heterocycles. The quantitative estimate of drug-likeness (QED) is 0.848. The average molecular weight is 265 g/mol. The number of hydrogen-bond donors (Lipinski definition) is 1. The fraction of sp³-hybridized carbons (Fsp3) is 0.250. The van der Waals surface area contributed by atoms with Gasteiger partial charge in [-0.25, -0.2) is 8.42 Å². The van der Waals surface area contributed by atoms with E-state index in [0.717, 1.165) is 0 Å². The van der Waals surface area contributed by atoms with Crippen molar-refractivity contribution in [1.29, 1.82) is 0 Å². The van der Waals surface area contributed by atoms with Crippen LogP contribution in [0.1, 0.15) is 11.3 Å². The highest BCUT2D eigenvalue weighted by molar-refractivity contribution is 7.90. The van der Waals surface area contributed by atoms with Gasteiger partial charge >= 0.3 is 0 Å². The Kier molecular flexibility index (Phi) is 3.13. The summed E-state index contributed by atoms with van der Waals surface area (Å²) in [5.74, 6) is -0.0986. The first-order valence-corrected chi connectivity index (χ1v) is 7.11. The zero-order chi connectivity index (χ0) is 13.3. The van der Waals surface area contributed by atoms with E-state index in [1.54, 1.807) is 49.1 Å². The Balaban J connectivity index is 2.36. The van der Waals surface area contributed by atoms with Crippen LogP contribution in [0.5, 0.6) is 0 Å². The largest absolute Gasteiger partial charge is 0.399 e. The molecule has 0 saturated heterocycles. The van der Waals surface area contributed by atoms with Crippen LogP contribution in [0.3, 0.4) is 0 Å². The normalized spacial score (nSPS) is 11.7. The number of benzene rings is 1. The first-order chi connectivity index (χ1) is 8.38. The van der Waals surface area contributed by atoms with Gasteiger partial charge in [0.05, 0.1) is 16.3 Å². The van der Waals surface area contributed by atoms with E-state index in [0.29, 0.717) is 21.8 Å². The molecule has 18 heavy (non-hydrogen) atoms. The van der Waals surface area contributed by atoms with E-state index in [9.17, 15) is 8.42 Å². The van der Waals surface area contributed by atoms with Crippen LogP contribution in [0.4, 0.5) is 5.69 Å². The van der Waals surface area contributed by atoms with Gasteiger partial charge in [0.15, 0.2) is 9.84 Å². The van der Waals surface area contributed by atoms with Gasteiger partial charge in [-0.05, 0) is 36.8 Å². The van der Waals surface area contributed by atoms with Crippen molar-refractivity contribution in [3.8, 4) is 0 Å². The molecule has 0 atom stereocenters. The molecule has 1 heterocycles. The average Bonchev–Trinajstić information content (AvgIpc) is 2.62. The second-order valence-electron chi connectivity index (χ2n) is 4.26. The summed E-state index contributed by atoms with van der Waals surface area (Å²) < 4.78 is 26.1. The monoisotopic (exact) mass is 265 g/mol. The van der Waals surface area contributed by atoms with Crippen LogP contribution in [-0.4, -0.2) is 18.2 Å². The summed E-state index contributed by atoms with van der Waals surface area (Å²) in [7, 11) is -1.62. The number of nitrogens with zero attached hydrogens (tertiary/aromatic N) is 2. The molecule has 0 amide bonds. The maximum absolute atomic E-state index is 12.3. The van der Waals surface area contributed by atoms with E-state index in [2.05, 4.69) is 5.10 Å². The molecule has 0 spiro atoms. The Labute approximate surface area is 106 Å². The Bertz CT molecular complexity index is 674. The lowest BCUT2D eigenvalue weighted by atomic mass is 10.2. The third-order valence-electron chi connectivity index (χ3n) is 2.64. The molecule has 0 aliphatic carbocycles. The number of nitrogen functional groups attached to an aromatic ring is 1. The van der Waals surface area contributed by atoms with Gasteiger partial charge in [-0.3, -0.25) is 4.68 Å². The number of anilines is 1. The number of rotatable bonds is 3. The third-order valence-corrected chi connectivity index (χ3v) is 4.44. The van der Waals surface area contributed by atoms with Crippen LogP contribution in [0.2, 0.25) is 0 Å². The maximum atomic E-state index is 12.3. The van der Waals surface area contributed by atoms with E-state index < -0.39 is 9.84 Å². The van der Waals surface area contributed by atoms with Crippen LogP contribution in [-0.2, 0) is 22.6 Å². The van der Waals surface area contributed by atoms with Crippen molar-refractivity contribution in [2.24, 2.45) is 7.05 Å². The highest BCUT2D eigenvalue weighted by Gasteiger charge is 2.19. The summed E-state index contributed by atoms with van der Waals surface area (Å²) >= 11 is 0. The SMILES string of the molecule is Cc1cc(N)ccc1S(=O)(=O)Cc1ccn(C)n1. The van der Waals surface area contributed by atoms with E-state index >= 15 is 0 Å². The van der Waals surface area contributed by atoms with Crippen LogP contribution in [0, 0.1) is 6.92 Å². The second-order valence-corrected chi connectivity index (χ2v) is 6.22. The minimum Gasteiger partial charge on any atom is -0.399 e. The Morgan fingerprint density at radius 2 is 2.06 bits per heavy atom. The minimum absolute atomic E-state index is 0.0986. The predicted octanol–water partition coefficient (Wildman–Crippen LogP) is 1.28. The van der Waals surface area contributed by atoms with Crippen molar-refractivity contribution in [2.75, 3.05) is 5.73 Å². The molecule has 1 aromatic heterocycles. The molecule has 96 valence electrons. The van der Waals surface area contributed by atoms with Crippen molar-refractivity contribution in [3.05, 3.63) is 41.7 Å². The van der Waals surface area contributed by atoms with Crippen molar-refractivity contribution in [1.82, 2.24) is 9.78 Å². The van der Waals surface area contributed by atoms with Gasteiger partial charge in [-0.1, -0.05) is 0 Å². The lowest BCUT2D eigenvalue weighted by molar-refractivity contribution is 0.593. The smallest absolute Gasteiger partial charge is 0.184 e. The Morgan fingerprint density at radius 1 is 1.33 bits per heavy atom. The third kappa shape index (κ3) is 2.53. The van der Waals surface area contributed by atoms with Gasteiger partial charge in [0.2, 0.25) is 0 Å². The van der Waals surface area contributed by atoms with Crippen molar-refractivity contribution in [2.45, 2.75) is 17.6 Å². The van der Waals surface area contributed by atoms with Gasteiger partial charge < -0.3 is 5.73 Å². The molecule has 2 N–H and O–H groups in total. The standard InChI is InChI=1S/C12H15N3O2S/c1-9-7-10(13)3-4-12(9)18(16,17)8-11-5-6-15(2)14-11/h3-7H,8,13H2,1-2H3. The first-order valence-electron chi connectivity index (χ1n) is 5.46. The molecular formula is C12H15N3O2S. The van der Waals surface area contributed by atoms with Crippen molar-refractivity contribution in [3.63, 3.8) is 0 Å². The molecule has 0 unspecified atom stereocenters. The van der Waals surface area contributed by atoms with Gasteiger partial charge in [-0.15, -0.1) is 0 Å². The topological polar surface area (TPSA) is 78.0 Å². The number of hydrogen-bond acceptors (Lipinski definition) is 4. The molecule has 6 heteroatoms.